The average Bonchev–Trinajstić information content (AvgIpc) is 3.55. The number of benzene rings is 2. The molecule has 8 heteroatoms. The molecule has 2 aliphatic heterocycles. The number of Topliss-reactive ketones (excluding diaryl/α,β-unsaturated/α-hetero) is 1. The lowest BCUT2D eigenvalue weighted by Crippen LogP contribution is -2.29. The summed E-state index contributed by atoms with van der Waals surface area (Å²) < 4.78 is 11.3. The van der Waals surface area contributed by atoms with E-state index >= 15 is 0 Å². The zero-order valence-electron chi connectivity index (χ0n) is 18.4. The van der Waals surface area contributed by atoms with E-state index in [0.29, 0.717) is 35.0 Å². The summed E-state index contributed by atoms with van der Waals surface area (Å²) in [6.45, 7) is 5.97. The second-order valence-corrected chi connectivity index (χ2v) is 8.98. The van der Waals surface area contributed by atoms with Crippen LogP contribution in [0.15, 0.2) is 72.3 Å². The number of hydrogen-bond donors (Lipinski definition) is 1. The van der Waals surface area contributed by atoms with E-state index in [4.69, 9.17) is 9.47 Å². The van der Waals surface area contributed by atoms with Crippen LogP contribution in [0.4, 0.5) is 5.13 Å². The van der Waals surface area contributed by atoms with E-state index in [1.807, 2.05) is 13.0 Å². The van der Waals surface area contributed by atoms with Crippen LogP contribution in [0, 0.1) is 0 Å². The van der Waals surface area contributed by atoms with Gasteiger partial charge in [0.1, 0.15) is 30.0 Å². The molecular weight excluding hydrogens is 452 g/mol. The van der Waals surface area contributed by atoms with Crippen LogP contribution >= 0.6 is 11.3 Å². The van der Waals surface area contributed by atoms with Gasteiger partial charge in [0.15, 0.2) is 5.13 Å². The Morgan fingerprint density at radius 1 is 1.29 bits per heavy atom. The smallest absolute Gasteiger partial charge is 0.301 e. The summed E-state index contributed by atoms with van der Waals surface area (Å²) in [5.41, 5.74) is 2.09. The summed E-state index contributed by atoms with van der Waals surface area (Å²) in [4.78, 5) is 31.9. The number of ketones is 1. The Morgan fingerprint density at radius 3 is 2.79 bits per heavy atom. The van der Waals surface area contributed by atoms with Gasteiger partial charge in [-0.15, -0.1) is 11.3 Å². The number of amides is 1. The number of aliphatic hydroxyl groups excluding tert-OH is 1. The third kappa shape index (κ3) is 3.76. The second kappa shape index (κ2) is 8.79. The van der Waals surface area contributed by atoms with Crippen molar-refractivity contribution in [2.24, 2.45) is 0 Å². The van der Waals surface area contributed by atoms with Gasteiger partial charge in [0, 0.05) is 23.6 Å². The Balaban J connectivity index is 1.62. The molecule has 0 bridgehead atoms. The quantitative estimate of drug-likeness (QED) is 0.242. The largest absolute Gasteiger partial charge is 0.507 e. The zero-order valence-corrected chi connectivity index (χ0v) is 19.2. The SMILES string of the molecule is C=CCOc1ccc([C@H]2C(=C(O)c3ccc4c(c3)C[C@@H](C)O4)C(=O)C(=O)N2c2nccs2)cc1. The van der Waals surface area contributed by atoms with E-state index < -0.39 is 17.7 Å². The third-order valence-corrected chi connectivity index (χ3v) is 6.57. The maximum atomic E-state index is 13.2. The maximum absolute atomic E-state index is 13.2. The van der Waals surface area contributed by atoms with Crippen LogP contribution in [0.3, 0.4) is 0 Å². The molecule has 34 heavy (non-hydrogen) atoms. The summed E-state index contributed by atoms with van der Waals surface area (Å²) in [6, 6.07) is 11.5. The zero-order chi connectivity index (χ0) is 23.8. The number of carbonyl (C=O) groups excluding carboxylic acids is 2. The number of anilines is 1. The summed E-state index contributed by atoms with van der Waals surface area (Å²) in [5.74, 6) is -0.320. The Labute approximate surface area is 200 Å². The monoisotopic (exact) mass is 474 g/mol. The van der Waals surface area contributed by atoms with Gasteiger partial charge in [-0.25, -0.2) is 4.98 Å². The van der Waals surface area contributed by atoms with E-state index in [1.54, 1.807) is 54.1 Å². The fourth-order valence-corrected chi connectivity index (χ4v) is 4.97. The molecule has 2 aliphatic rings. The van der Waals surface area contributed by atoms with Crippen LogP contribution in [0.25, 0.3) is 5.76 Å². The van der Waals surface area contributed by atoms with E-state index in [1.165, 1.54) is 16.2 Å². The van der Waals surface area contributed by atoms with Crippen molar-refractivity contribution in [2.45, 2.75) is 25.5 Å². The normalized spacial score (nSPS) is 20.8. The standard InChI is InChI=1S/C26H22N2O5S/c1-3-11-32-19-7-4-16(5-8-19)22-21(24(30)25(31)28(22)26-27-10-12-34-26)23(29)17-6-9-20-18(14-17)13-15(2)33-20/h3-10,12,14-15,22,29H,1,11,13H2,2H3/t15-,22+/m1/s1. The number of nitrogens with zero attached hydrogens (tertiary/aromatic N) is 2. The van der Waals surface area contributed by atoms with Gasteiger partial charge in [0.05, 0.1) is 11.6 Å². The predicted molar refractivity (Wildman–Crippen MR) is 129 cm³/mol. The molecule has 0 saturated carbocycles. The highest BCUT2D eigenvalue weighted by molar-refractivity contribution is 7.14. The molecule has 3 heterocycles. The number of aliphatic hydroxyl groups is 1. The molecule has 2 atom stereocenters. The lowest BCUT2D eigenvalue weighted by Gasteiger charge is -2.23. The molecule has 5 rings (SSSR count). The van der Waals surface area contributed by atoms with Gasteiger partial charge in [0.25, 0.3) is 5.78 Å². The number of carbonyl (C=O) groups is 2. The summed E-state index contributed by atoms with van der Waals surface area (Å²) >= 11 is 1.25. The van der Waals surface area contributed by atoms with Crippen LogP contribution in [0.2, 0.25) is 0 Å². The first-order valence-electron chi connectivity index (χ1n) is 10.8. The van der Waals surface area contributed by atoms with Crippen molar-refractivity contribution in [3.8, 4) is 11.5 Å². The van der Waals surface area contributed by atoms with Crippen LogP contribution in [0.1, 0.15) is 29.7 Å². The number of rotatable bonds is 6. The first-order valence-corrected chi connectivity index (χ1v) is 11.7. The van der Waals surface area contributed by atoms with E-state index in [2.05, 4.69) is 11.6 Å². The first-order chi connectivity index (χ1) is 16.5. The fourth-order valence-electron chi connectivity index (χ4n) is 4.31. The minimum Gasteiger partial charge on any atom is -0.507 e. The number of aromatic nitrogens is 1. The third-order valence-electron chi connectivity index (χ3n) is 5.80. The minimum atomic E-state index is -0.831. The van der Waals surface area contributed by atoms with E-state index in [-0.39, 0.29) is 17.4 Å². The number of ether oxygens (including phenoxy) is 2. The molecule has 172 valence electrons. The number of fused-ring (bicyclic) bond motifs is 1. The molecule has 1 amide bonds. The topological polar surface area (TPSA) is 89.0 Å². The fraction of sp³-hybridized carbons (Fsp3) is 0.192. The predicted octanol–water partition coefficient (Wildman–Crippen LogP) is 4.66. The van der Waals surface area contributed by atoms with Crippen LogP contribution in [-0.2, 0) is 16.0 Å². The maximum Gasteiger partial charge on any atom is 0.301 e. The van der Waals surface area contributed by atoms with Crippen molar-refractivity contribution in [1.82, 2.24) is 4.98 Å². The van der Waals surface area contributed by atoms with E-state index in [0.717, 1.165) is 11.3 Å². The summed E-state index contributed by atoms with van der Waals surface area (Å²) in [7, 11) is 0. The second-order valence-electron chi connectivity index (χ2n) is 8.11. The Morgan fingerprint density at radius 2 is 2.09 bits per heavy atom. The first kappa shape index (κ1) is 21.9. The van der Waals surface area contributed by atoms with Gasteiger partial charge in [0.2, 0.25) is 0 Å². The van der Waals surface area contributed by atoms with Crippen LogP contribution in [0.5, 0.6) is 11.5 Å². The lowest BCUT2D eigenvalue weighted by atomic mass is 9.94. The van der Waals surface area contributed by atoms with E-state index in [9.17, 15) is 14.7 Å². The molecule has 0 spiro atoms. The summed E-state index contributed by atoms with van der Waals surface area (Å²) in [5, 5.41) is 13.4. The van der Waals surface area contributed by atoms with Crippen molar-refractivity contribution < 1.29 is 24.2 Å². The number of hydrogen-bond acceptors (Lipinski definition) is 7. The molecular formula is C26H22N2O5S. The highest BCUT2D eigenvalue weighted by atomic mass is 32.1. The highest BCUT2D eigenvalue weighted by Gasteiger charge is 2.48. The Bertz CT molecular complexity index is 1300. The van der Waals surface area contributed by atoms with Gasteiger partial charge in [-0.05, 0) is 48.4 Å². The minimum absolute atomic E-state index is 0.0203. The van der Waals surface area contributed by atoms with Gasteiger partial charge in [-0.2, -0.15) is 0 Å². The Hall–Kier alpha value is -3.91. The van der Waals surface area contributed by atoms with Crippen molar-refractivity contribution in [3.63, 3.8) is 0 Å². The number of thiazole rings is 1. The summed E-state index contributed by atoms with van der Waals surface area (Å²) in [6.07, 6.45) is 3.97. The molecule has 1 N–H and O–H groups in total. The molecule has 0 unspecified atom stereocenters. The Kier molecular flexibility index (Phi) is 5.67. The van der Waals surface area contributed by atoms with Crippen molar-refractivity contribution >= 4 is 33.9 Å². The molecule has 0 radical (unpaired) electrons. The van der Waals surface area contributed by atoms with Crippen molar-refractivity contribution in [3.05, 3.63) is 89.0 Å². The average molecular weight is 475 g/mol. The van der Waals surface area contributed by atoms with Crippen LogP contribution in [-0.4, -0.2) is 34.5 Å². The van der Waals surface area contributed by atoms with Crippen molar-refractivity contribution in [1.29, 1.82) is 0 Å². The van der Waals surface area contributed by atoms with Gasteiger partial charge in [-0.3, -0.25) is 14.5 Å². The van der Waals surface area contributed by atoms with Gasteiger partial charge < -0.3 is 14.6 Å². The highest BCUT2D eigenvalue weighted by Crippen LogP contribution is 2.43. The lowest BCUT2D eigenvalue weighted by molar-refractivity contribution is -0.132. The molecule has 1 saturated heterocycles. The molecule has 1 aromatic heterocycles. The van der Waals surface area contributed by atoms with Crippen molar-refractivity contribution in [2.75, 3.05) is 11.5 Å². The molecule has 7 nitrogen and oxygen atoms in total. The van der Waals surface area contributed by atoms with Crippen LogP contribution < -0.4 is 14.4 Å². The van der Waals surface area contributed by atoms with Gasteiger partial charge in [-0.1, -0.05) is 24.8 Å². The molecule has 1 fully saturated rings. The van der Waals surface area contributed by atoms with Gasteiger partial charge >= 0.3 is 5.91 Å². The molecule has 3 aromatic rings. The molecule has 0 aliphatic carbocycles. The molecule has 2 aromatic carbocycles.